The molecule has 0 saturated heterocycles. The molecule has 2 rings (SSSR count). The molecule has 0 atom stereocenters. The van der Waals surface area contributed by atoms with Crippen LogP contribution in [0.25, 0.3) is 0 Å². The predicted octanol–water partition coefficient (Wildman–Crippen LogP) is -1.85. The fourth-order valence-electron chi connectivity index (χ4n) is 2.09. The van der Waals surface area contributed by atoms with E-state index in [0.29, 0.717) is 2.75 Å². The van der Waals surface area contributed by atoms with Crippen LogP contribution < -0.4 is 24.8 Å². The maximum atomic E-state index is 2.51. The Balaban J connectivity index is 0.00000128. The molecule has 0 aromatic heterocycles. The van der Waals surface area contributed by atoms with Crippen LogP contribution in [0.15, 0.2) is 48.6 Å². The van der Waals surface area contributed by atoms with Crippen molar-refractivity contribution < 1.29 is 48.0 Å². The minimum absolute atomic E-state index is 0. The standard InChI is InChI=1S/C8H13Si.C5H5.2ClH.Zr/c1-9(2,3)8-6-4-5-7-8;1-2-4-5-3-1;;;/h4-7H,1-3H3;1-5H;2*1H;/q;;;;+2/p-2. The third kappa shape index (κ3) is 3.80. The van der Waals surface area contributed by atoms with Crippen molar-refractivity contribution in [2.45, 2.75) is 26.0 Å². The monoisotopic (exact) mass is 362 g/mol. The number of allylic oxidation sites excluding steroid dienone is 8. The number of halogens is 2. The topological polar surface area (TPSA) is 0 Å². The van der Waals surface area contributed by atoms with Crippen molar-refractivity contribution in [1.29, 1.82) is 0 Å². The molecule has 0 spiro atoms. The van der Waals surface area contributed by atoms with Gasteiger partial charge in [-0.05, 0) is 0 Å². The normalized spacial score (nSPS) is 19.9. The Morgan fingerprint density at radius 2 is 1.35 bits per heavy atom. The zero-order valence-corrected chi connectivity index (χ0v) is 15.4. The van der Waals surface area contributed by atoms with E-state index in [2.05, 4.69) is 68.2 Å². The zero-order valence-electron chi connectivity index (χ0n) is 10.5. The molecular formula is C13H18Cl2SiZr. The van der Waals surface area contributed by atoms with E-state index in [9.17, 15) is 0 Å². The van der Waals surface area contributed by atoms with Gasteiger partial charge in [0.1, 0.15) is 0 Å². The zero-order chi connectivity index (χ0) is 10.9. The van der Waals surface area contributed by atoms with Crippen LogP contribution in [0.1, 0.15) is 0 Å². The Bertz CT molecular complexity index is 340. The second kappa shape index (κ2) is 6.70. The average Bonchev–Trinajstić information content (AvgIpc) is 2.74. The Hall–Kier alpha value is 0.640. The van der Waals surface area contributed by atoms with Gasteiger partial charge in [0, 0.05) is 0 Å². The summed E-state index contributed by atoms with van der Waals surface area (Å²) in [6.45, 7) is 7.53. The van der Waals surface area contributed by atoms with Crippen LogP contribution in [-0.2, 0) is 23.2 Å². The summed E-state index contributed by atoms with van der Waals surface area (Å²) in [4.78, 5) is 0. The van der Waals surface area contributed by atoms with Gasteiger partial charge in [0.25, 0.3) is 0 Å². The molecule has 0 radical (unpaired) electrons. The fraction of sp³-hybridized carbons (Fsp3) is 0.385. The molecular weight excluding hydrogens is 346 g/mol. The number of hydrogen-bond acceptors (Lipinski definition) is 0. The molecule has 2 aliphatic carbocycles. The van der Waals surface area contributed by atoms with Gasteiger partial charge in [0.05, 0.1) is 0 Å². The Morgan fingerprint density at radius 3 is 1.76 bits per heavy atom. The van der Waals surface area contributed by atoms with Gasteiger partial charge in [0.2, 0.25) is 0 Å². The first-order chi connectivity index (χ1) is 7.04. The van der Waals surface area contributed by atoms with Gasteiger partial charge in [-0.15, -0.1) is 0 Å². The molecule has 17 heavy (non-hydrogen) atoms. The van der Waals surface area contributed by atoms with E-state index in [-0.39, 0.29) is 24.8 Å². The Kier molecular flexibility index (Phi) is 6.96. The largest absolute Gasteiger partial charge is 1.00 e. The first-order valence-corrected chi connectivity index (χ1v) is 11.7. The van der Waals surface area contributed by atoms with Crippen molar-refractivity contribution in [2.75, 3.05) is 0 Å². The molecule has 92 valence electrons. The van der Waals surface area contributed by atoms with Crippen LogP contribution in [0.3, 0.4) is 0 Å². The number of hydrogen-bond donors (Lipinski definition) is 0. The van der Waals surface area contributed by atoms with E-state index in [1.807, 2.05) is 0 Å². The second-order valence-electron chi connectivity index (χ2n) is 5.28. The average molecular weight is 365 g/mol. The van der Waals surface area contributed by atoms with Crippen molar-refractivity contribution in [3.05, 3.63) is 48.6 Å². The molecule has 0 saturated carbocycles. The summed E-state index contributed by atoms with van der Waals surface area (Å²) in [5.74, 6) is 0. The molecule has 0 unspecified atom stereocenters. The van der Waals surface area contributed by atoms with E-state index in [0.717, 1.165) is 3.63 Å². The Morgan fingerprint density at radius 1 is 0.882 bits per heavy atom. The van der Waals surface area contributed by atoms with Crippen LogP contribution >= 0.6 is 0 Å². The molecule has 0 bridgehead atoms. The van der Waals surface area contributed by atoms with Crippen molar-refractivity contribution in [3.63, 3.8) is 0 Å². The van der Waals surface area contributed by atoms with Crippen molar-refractivity contribution >= 4 is 8.07 Å². The third-order valence-electron chi connectivity index (χ3n) is 3.22. The molecule has 0 aromatic rings. The first kappa shape index (κ1) is 17.6. The summed E-state index contributed by atoms with van der Waals surface area (Å²) in [6, 6.07) is 0. The van der Waals surface area contributed by atoms with Gasteiger partial charge in [-0.1, -0.05) is 0 Å². The summed E-state index contributed by atoms with van der Waals surface area (Å²) in [5.41, 5.74) is 0. The van der Waals surface area contributed by atoms with E-state index in [1.165, 1.54) is 0 Å². The molecule has 0 heterocycles. The van der Waals surface area contributed by atoms with Crippen LogP contribution in [0.2, 0.25) is 26.0 Å². The number of rotatable bonds is 3. The molecule has 0 aliphatic heterocycles. The van der Waals surface area contributed by atoms with Gasteiger partial charge in [0.15, 0.2) is 0 Å². The maximum absolute atomic E-state index is 2.51. The molecule has 0 aromatic carbocycles. The van der Waals surface area contributed by atoms with E-state index >= 15 is 0 Å². The van der Waals surface area contributed by atoms with Crippen LogP contribution in [0.4, 0.5) is 0 Å². The first-order valence-electron chi connectivity index (χ1n) is 5.53. The fourth-order valence-corrected chi connectivity index (χ4v) is 11.2. The van der Waals surface area contributed by atoms with E-state index in [1.54, 1.807) is 0 Å². The van der Waals surface area contributed by atoms with Crippen molar-refractivity contribution in [2.24, 2.45) is 0 Å². The quantitative estimate of drug-likeness (QED) is 0.516. The van der Waals surface area contributed by atoms with Crippen LogP contribution in [0, 0.1) is 0 Å². The van der Waals surface area contributed by atoms with Crippen LogP contribution in [0.5, 0.6) is 0 Å². The summed E-state index contributed by atoms with van der Waals surface area (Å²) in [5, 5.41) is 0. The van der Waals surface area contributed by atoms with Gasteiger partial charge in [-0.25, -0.2) is 0 Å². The second-order valence-corrected chi connectivity index (χ2v) is 16.2. The molecule has 2 aliphatic rings. The predicted molar refractivity (Wildman–Crippen MR) is 66.3 cm³/mol. The van der Waals surface area contributed by atoms with Crippen molar-refractivity contribution in [1.82, 2.24) is 0 Å². The minimum atomic E-state index is -1.11. The summed E-state index contributed by atoms with van der Waals surface area (Å²) in [7, 11) is -1.11. The summed E-state index contributed by atoms with van der Waals surface area (Å²) < 4.78 is 1.35. The SMILES string of the molecule is C[Si](C)(C)[C]1([Zr+2][CH]2C=CC=C2)C=CC=C1.[Cl-].[Cl-]. The smallest absolute Gasteiger partial charge is 1.00 e. The maximum Gasteiger partial charge on any atom is -1.00 e. The van der Waals surface area contributed by atoms with Crippen molar-refractivity contribution in [3.8, 4) is 0 Å². The molecule has 4 heteroatoms. The minimum Gasteiger partial charge on any atom is -1.00 e. The molecule has 0 amide bonds. The van der Waals surface area contributed by atoms with E-state index < -0.39 is 31.3 Å². The third-order valence-corrected chi connectivity index (χ3v) is 16.2. The summed E-state index contributed by atoms with van der Waals surface area (Å²) in [6.07, 6.45) is 18.8. The van der Waals surface area contributed by atoms with E-state index in [4.69, 9.17) is 0 Å². The van der Waals surface area contributed by atoms with Gasteiger partial charge in [-0.3, -0.25) is 0 Å². The molecule has 0 nitrogen and oxygen atoms in total. The molecule has 0 N–H and O–H groups in total. The van der Waals surface area contributed by atoms with Gasteiger partial charge >= 0.3 is 106 Å². The molecule has 0 fully saturated rings. The van der Waals surface area contributed by atoms with Gasteiger partial charge in [-0.2, -0.15) is 0 Å². The van der Waals surface area contributed by atoms with Crippen LogP contribution in [-0.4, -0.2) is 8.07 Å². The van der Waals surface area contributed by atoms with Gasteiger partial charge < -0.3 is 24.8 Å². The Labute approximate surface area is 130 Å². The summed E-state index contributed by atoms with van der Waals surface area (Å²) >= 11 is -0.443.